The van der Waals surface area contributed by atoms with Gasteiger partial charge in [-0.05, 0) is 34.4 Å². The van der Waals surface area contributed by atoms with Gasteiger partial charge in [0.05, 0.1) is 12.5 Å². The van der Waals surface area contributed by atoms with Gasteiger partial charge in [0.15, 0.2) is 5.54 Å². The van der Waals surface area contributed by atoms with Crippen LogP contribution >= 0.6 is 0 Å². The molecule has 0 radical (unpaired) electrons. The maximum Gasteiger partial charge on any atom is 0.414 e. The molecule has 1 heterocycles. The molecular weight excluding hydrogens is 564 g/mol. The topological polar surface area (TPSA) is 84.9 Å². The van der Waals surface area contributed by atoms with Crippen molar-refractivity contribution in [1.29, 1.82) is 0 Å². The fourth-order valence-electron chi connectivity index (χ4n) is 6.06. The van der Waals surface area contributed by atoms with Crippen LogP contribution in [0.5, 0.6) is 0 Å². The van der Waals surface area contributed by atoms with Gasteiger partial charge in [-0.15, -0.1) is 0 Å². The first-order valence-electron chi connectivity index (χ1n) is 15.0. The van der Waals surface area contributed by atoms with E-state index < -0.39 is 29.7 Å². The number of esters is 1. The molecule has 0 unspecified atom stereocenters. The molecule has 0 spiro atoms. The molecule has 2 amide bonds. The number of hydrogen-bond donors (Lipinski definition) is 1. The van der Waals surface area contributed by atoms with Crippen LogP contribution in [-0.2, 0) is 32.1 Å². The standard InChI is InChI=1S/C38H34N2O5/c1-27(32-23-13-21-30-18-11-12-22-33(30)32)39-34(41)25-38(24-28-14-5-2-6-15-28)36(42)45-35(31-19-9-4-10-20-31)40(38)37(43)44-26-29-16-7-3-8-17-29/h2-23,27,35H,24-26H2,1H3,(H,39,41)/t27-,35+,38-/m1/s1. The van der Waals surface area contributed by atoms with Crippen molar-refractivity contribution >= 4 is 28.7 Å². The van der Waals surface area contributed by atoms with Gasteiger partial charge in [-0.1, -0.05) is 133 Å². The molecule has 0 aromatic heterocycles. The maximum atomic E-state index is 14.1. The molecule has 1 fully saturated rings. The highest BCUT2D eigenvalue weighted by Crippen LogP contribution is 2.43. The highest BCUT2D eigenvalue weighted by Gasteiger charge is 2.59. The molecule has 7 heteroatoms. The van der Waals surface area contributed by atoms with Crippen LogP contribution in [0.4, 0.5) is 4.79 Å². The van der Waals surface area contributed by atoms with Gasteiger partial charge in [0, 0.05) is 12.0 Å². The molecule has 5 aromatic carbocycles. The van der Waals surface area contributed by atoms with Crippen LogP contribution in [0.15, 0.2) is 133 Å². The Balaban J connectivity index is 1.36. The lowest BCUT2D eigenvalue weighted by molar-refractivity contribution is -0.147. The Morgan fingerprint density at radius 1 is 0.800 bits per heavy atom. The summed E-state index contributed by atoms with van der Waals surface area (Å²) >= 11 is 0. The molecule has 45 heavy (non-hydrogen) atoms. The van der Waals surface area contributed by atoms with Crippen LogP contribution in [0.1, 0.15) is 47.9 Å². The Hall–Kier alpha value is -5.43. The molecule has 5 aromatic rings. The number of nitrogens with zero attached hydrogens (tertiary/aromatic N) is 1. The van der Waals surface area contributed by atoms with Crippen LogP contribution < -0.4 is 5.32 Å². The predicted octanol–water partition coefficient (Wildman–Crippen LogP) is 7.28. The van der Waals surface area contributed by atoms with Crippen molar-refractivity contribution in [2.75, 3.05) is 0 Å². The number of cyclic esters (lactones) is 1. The number of ether oxygens (including phenoxy) is 2. The number of benzene rings is 5. The number of fused-ring (bicyclic) bond motifs is 1. The van der Waals surface area contributed by atoms with Crippen LogP contribution in [0.2, 0.25) is 0 Å². The second-order valence-corrected chi connectivity index (χ2v) is 11.3. The van der Waals surface area contributed by atoms with E-state index in [1.165, 1.54) is 4.90 Å². The summed E-state index contributed by atoms with van der Waals surface area (Å²) in [5, 5.41) is 5.19. The van der Waals surface area contributed by atoms with E-state index in [1.807, 2.05) is 128 Å². The van der Waals surface area contributed by atoms with E-state index in [0.717, 1.165) is 27.5 Å². The summed E-state index contributed by atoms with van der Waals surface area (Å²) in [6, 6.07) is 41.3. The summed E-state index contributed by atoms with van der Waals surface area (Å²) < 4.78 is 11.8. The summed E-state index contributed by atoms with van der Waals surface area (Å²) in [6.07, 6.45) is -2.08. The second-order valence-electron chi connectivity index (χ2n) is 11.3. The normalized spacial score (nSPS) is 18.3. The minimum Gasteiger partial charge on any atom is -0.444 e. The van der Waals surface area contributed by atoms with Gasteiger partial charge in [0.1, 0.15) is 6.61 Å². The summed E-state index contributed by atoms with van der Waals surface area (Å²) in [6.45, 7) is 1.91. The van der Waals surface area contributed by atoms with E-state index in [9.17, 15) is 14.4 Å². The third-order valence-electron chi connectivity index (χ3n) is 8.24. The summed E-state index contributed by atoms with van der Waals surface area (Å²) in [5.41, 5.74) is 1.46. The van der Waals surface area contributed by atoms with Crippen LogP contribution in [0.3, 0.4) is 0 Å². The van der Waals surface area contributed by atoms with Gasteiger partial charge in [0.2, 0.25) is 12.1 Å². The van der Waals surface area contributed by atoms with Gasteiger partial charge in [0.25, 0.3) is 0 Å². The third-order valence-corrected chi connectivity index (χ3v) is 8.24. The lowest BCUT2D eigenvalue weighted by Gasteiger charge is -2.35. The first kappa shape index (κ1) is 29.6. The monoisotopic (exact) mass is 598 g/mol. The van der Waals surface area contributed by atoms with Gasteiger partial charge in [-0.25, -0.2) is 9.59 Å². The van der Waals surface area contributed by atoms with Gasteiger partial charge in [-0.2, -0.15) is 0 Å². The molecule has 0 bridgehead atoms. The van der Waals surface area contributed by atoms with E-state index in [-0.39, 0.29) is 25.5 Å². The van der Waals surface area contributed by atoms with Crippen molar-refractivity contribution in [3.8, 4) is 0 Å². The van der Waals surface area contributed by atoms with E-state index >= 15 is 0 Å². The zero-order chi connectivity index (χ0) is 31.2. The first-order valence-corrected chi connectivity index (χ1v) is 15.0. The Labute approximate surface area is 262 Å². The maximum absolute atomic E-state index is 14.1. The molecule has 7 nitrogen and oxygen atoms in total. The van der Waals surface area contributed by atoms with Gasteiger partial charge in [-0.3, -0.25) is 9.69 Å². The third kappa shape index (κ3) is 6.29. The molecule has 1 saturated heterocycles. The summed E-state index contributed by atoms with van der Waals surface area (Å²) in [7, 11) is 0. The fraction of sp³-hybridized carbons (Fsp3) is 0.184. The number of carbonyl (C=O) groups excluding carboxylic acids is 3. The zero-order valence-corrected chi connectivity index (χ0v) is 25.0. The lowest BCUT2D eigenvalue weighted by Crippen LogP contribution is -2.56. The van der Waals surface area contributed by atoms with Crippen molar-refractivity contribution in [1.82, 2.24) is 10.2 Å². The zero-order valence-electron chi connectivity index (χ0n) is 25.0. The molecule has 3 atom stereocenters. The average Bonchev–Trinajstić information content (AvgIpc) is 3.35. The minimum atomic E-state index is -1.67. The largest absolute Gasteiger partial charge is 0.444 e. The van der Waals surface area contributed by atoms with Gasteiger partial charge < -0.3 is 14.8 Å². The van der Waals surface area contributed by atoms with E-state index in [1.54, 1.807) is 12.1 Å². The first-order chi connectivity index (χ1) is 21.9. The van der Waals surface area contributed by atoms with Gasteiger partial charge >= 0.3 is 12.1 Å². The number of carbonyl (C=O) groups is 3. The van der Waals surface area contributed by atoms with Crippen molar-refractivity contribution in [3.63, 3.8) is 0 Å². The molecule has 0 aliphatic carbocycles. The SMILES string of the molecule is C[C@@H](NC(=O)C[C@]1(Cc2ccccc2)C(=O)O[C@@H](c2ccccc2)N1C(=O)OCc1ccccc1)c1cccc2ccccc12. The Morgan fingerprint density at radius 2 is 1.40 bits per heavy atom. The van der Waals surface area contributed by atoms with Crippen molar-refractivity contribution in [2.24, 2.45) is 0 Å². The van der Waals surface area contributed by atoms with E-state index in [4.69, 9.17) is 9.47 Å². The molecule has 0 saturated carbocycles. The predicted molar refractivity (Wildman–Crippen MR) is 172 cm³/mol. The lowest BCUT2D eigenvalue weighted by atomic mass is 9.85. The molecule has 226 valence electrons. The molecule has 6 rings (SSSR count). The van der Waals surface area contributed by atoms with Crippen molar-refractivity contribution < 1.29 is 23.9 Å². The number of rotatable bonds is 9. The molecule has 1 aliphatic rings. The average molecular weight is 599 g/mol. The summed E-state index contributed by atoms with van der Waals surface area (Å²) in [4.78, 5) is 43.4. The Bertz CT molecular complexity index is 1790. The van der Waals surface area contributed by atoms with Crippen molar-refractivity contribution in [3.05, 3.63) is 156 Å². The number of hydrogen-bond acceptors (Lipinski definition) is 5. The minimum absolute atomic E-state index is 0.00238. The highest BCUT2D eigenvalue weighted by molar-refractivity contribution is 5.95. The molecular formula is C38H34N2O5. The molecule has 1 aliphatic heterocycles. The van der Waals surface area contributed by atoms with E-state index in [2.05, 4.69) is 5.32 Å². The summed E-state index contributed by atoms with van der Waals surface area (Å²) in [5.74, 6) is -1.05. The molecule has 1 N–H and O–H groups in total. The smallest absolute Gasteiger partial charge is 0.414 e. The Morgan fingerprint density at radius 3 is 2.11 bits per heavy atom. The highest BCUT2D eigenvalue weighted by atomic mass is 16.6. The number of amides is 2. The fourth-order valence-corrected chi connectivity index (χ4v) is 6.06. The second kappa shape index (κ2) is 13.1. The van der Waals surface area contributed by atoms with Crippen molar-refractivity contribution in [2.45, 2.75) is 44.2 Å². The van der Waals surface area contributed by atoms with E-state index in [0.29, 0.717) is 5.56 Å². The van der Waals surface area contributed by atoms with Crippen LogP contribution in [0.25, 0.3) is 10.8 Å². The van der Waals surface area contributed by atoms with Crippen LogP contribution in [0, 0.1) is 0 Å². The Kier molecular flexibility index (Phi) is 8.60. The van der Waals surface area contributed by atoms with Crippen LogP contribution in [-0.4, -0.2) is 28.4 Å². The quantitative estimate of drug-likeness (QED) is 0.180. The number of nitrogens with one attached hydrogen (secondary N) is 1.